The standard InChI is InChI=1S/C20H23N7O8S2/c21-19-23-14(25-37-19)11(24-35-6-10(28)29)15(30)22-12-16(31)26-13(18(32)33)9(7-36-17(12)26)5-27-3-1-20(34,8-27)2-4-27/h12,17,34H,1-8H2,(H4-,21,22,23,25,28,29,30,32,33)/b24-11-/t12-,17-,20?,27?/m1/s1. The van der Waals surface area contributed by atoms with E-state index in [1.807, 2.05) is 0 Å². The van der Waals surface area contributed by atoms with Crippen LogP contribution in [-0.4, -0.2) is 114 Å². The van der Waals surface area contributed by atoms with Gasteiger partial charge < -0.3 is 40.5 Å². The zero-order valence-electron chi connectivity index (χ0n) is 19.3. The molecule has 1 aromatic rings. The lowest BCUT2D eigenvalue weighted by molar-refractivity contribution is -0.904. The summed E-state index contributed by atoms with van der Waals surface area (Å²) in [6, 6.07) is -1.08. The van der Waals surface area contributed by atoms with E-state index in [1.165, 1.54) is 11.8 Å². The van der Waals surface area contributed by atoms with Crippen molar-refractivity contribution in [3.63, 3.8) is 0 Å². The molecule has 37 heavy (non-hydrogen) atoms. The lowest BCUT2D eigenvalue weighted by atomic mass is 10.00. The number of carboxylic acids is 2. The summed E-state index contributed by atoms with van der Waals surface area (Å²) in [7, 11) is 0. The van der Waals surface area contributed by atoms with Crippen LogP contribution in [-0.2, 0) is 24.0 Å². The van der Waals surface area contributed by atoms with Gasteiger partial charge in [0, 0.05) is 35.7 Å². The molecule has 0 aromatic carbocycles. The van der Waals surface area contributed by atoms with Gasteiger partial charge in [0.25, 0.3) is 11.8 Å². The molecule has 0 aliphatic carbocycles. The maximum atomic E-state index is 13.0. The minimum absolute atomic E-state index is 0.0274. The third kappa shape index (κ3) is 4.62. The number of nitrogen functional groups attached to an aromatic ring is 1. The quantitative estimate of drug-likeness (QED) is 0.102. The number of amides is 2. The summed E-state index contributed by atoms with van der Waals surface area (Å²) in [5, 5.41) is 36.8. The zero-order chi connectivity index (χ0) is 26.5. The molecule has 17 heteroatoms. The molecular formula is C20H23N7O8S2. The maximum Gasteiger partial charge on any atom is 0.344 e. The lowest BCUT2D eigenvalue weighted by Gasteiger charge is -2.51. The second kappa shape index (κ2) is 9.23. The van der Waals surface area contributed by atoms with E-state index in [1.54, 1.807) is 0 Å². The van der Waals surface area contributed by atoms with Crippen LogP contribution in [0.15, 0.2) is 16.4 Å². The molecule has 0 radical (unpaired) electrons. The number of anilines is 1. The Balaban J connectivity index is 1.33. The molecule has 5 N–H and O–H groups in total. The first kappa shape index (κ1) is 25.4. The number of oxime groups is 1. The average molecular weight is 554 g/mol. The van der Waals surface area contributed by atoms with E-state index >= 15 is 0 Å². The van der Waals surface area contributed by atoms with Crippen LogP contribution in [0.1, 0.15) is 18.7 Å². The number of thioether (sulfide) groups is 1. The van der Waals surface area contributed by atoms with Gasteiger partial charge in [-0.1, -0.05) is 5.16 Å². The highest BCUT2D eigenvalue weighted by molar-refractivity contribution is 8.00. The summed E-state index contributed by atoms with van der Waals surface area (Å²) < 4.78 is 4.46. The second-order valence-electron chi connectivity index (χ2n) is 9.49. The molecule has 0 spiro atoms. The number of nitrogens with two attached hydrogens (primary N) is 1. The molecule has 0 unspecified atom stereocenters. The number of nitrogens with one attached hydrogen (secondary N) is 1. The van der Waals surface area contributed by atoms with Crippen molar-refractivity contribution in [3.05, 3.63) is 17.1 Å². The number of hydrogen-bond donors (Lipinski definition) is 4. The summed E-state index contributed by atoms with van der Waals surface area (Å²) >= 11 is 2.08. The Bertz CT molecular complexity index is 1240. The highest BCUT2D eigenvalue weighted by Crippen LogP contribution is 2.44. The Kier molecular flexibility index (Phi) is 6.33. The van der Waals surface area contributed by atoms with Gasteiger partial charge in [0.2, 0.25) is 18.1 Å². The van der Waals surface area contributed by atoms with Crippen molar-refractivity contribution in [2.75, 3.05) is 44.3 Å². The van der Waals surface area contributed by atoms with E-state index in [2.05, 4.69) is 24.7 Å². The van der Waals surface area contributed by atoms with Crippen LogP contribution in [0.4, 0.5) is 5.13 Å². The van der Waals surface area contributed by atoms with E-state index in [-0.39, 0.29) is 16.7 Å². The topological polar surface area (TPSA) is 220 Å². The number of carbonyl (C=O) groups is 4. The van der Waals surface area contributed by atoms with Crippen molar-refractivity contribution >= 4 is 57.9 Å². The van der Waals surface area contributed by atoms with Gasteiger partial charge in [0.15, 0.2) is 5.13 Å². The van der Waals surface area contributed by atoms with E-state index < -0.39 is 53.1 Å². The molecule has 1 aromatic heterocycles. The zero-order valence-corrected chi connectivity index (χ0v) is 20.9. The minimum atomic E-state index is -1.48. The molecule has 3 saturated heterocycles. The van der Waals surface area contributed by atoms with Crippen LogP contribution in [0, 0.1) is 0 Å². The monoisotopic (exact) mass is 553 g/mol. The van der Waals surface area contributed by atoms with Crippen molar-refractivity contribution in [1.82, 2.24) is 19.6 Å². The van der Waals surface area contributed by atoms with Crippen LogP contribution in [0.2, 0.25) is 0 Å². The summed E-state index contributed by atoms with van der Waals surface area (Å²) in [6.45, 7) is 1.61. The number of piperidine rings is 1. The second-order valence-corrected chi connectivity index (χ2v) is 11.4. The van der Waals surface area contributed by atoms with Gasteiger partial charge in [-0.05, 0) is 0 Å². The largest absolute Gasteiger partial charge is 0.543 e. The van der Waals surface area contributed by atoms with Crippen molar-refractivity contribution in [2.45, 2.75) is 29.9 Å². The first-order valence-corrected chi connectivity index (χ1v) is 13.1. The molecule has 0 saturated carbocycles. The Morgan fingerprint density at radius 2 is 2.08 bits per heavy atom. The lowest BCUT2D eigenvalue weighted by Crippen LogP contribution is -2.71. The normalized spacial score (nSPS) is 30.7. The molecule has 2 amide bonds. The van der Waals surface area contributed by atoms with Gasteiger partial charge in [-0.15, -0.1) is 11.8 Å². The smallest absolute Gasteiger partial charge is 0.344 e. The van der Waals surface area contributed by atoms with Gasteiger partial charge in [-0.2, -0.15) is 9.36 Å². The molecule has 4 aliphatic rings. The maximum absolute atomic E-state index is 13.0. The van der Waals surface area contributed by atoms with Gasteiger partial charge in [0.1, 0.15) is 30.1 Å². The number of quaternary nitrogens is 1. The molecule has 2 bridgehead atoms. The molecule has 5 rings (SSSR count). The number of nitrogens with zero attached hydrogens (tertiary/aromatic N) is 5. The van der Waals surface area contributed by atoms with Crippen LogP contribution < -0.4 is 16.2 Å². The number of hydrogen-bond acceptors (Lipinski definition) is 13. The Labute approximate surface area is 217 Å². The van der Waals surface area contributed by atoms with Gasteiger partial charge in [0.05, 0.1) is 24.8 Å². The number of aromatic nitrogens is 2. The average Bonchev–Trinajstić information content (AvgIpc) is 3.51. The van der Waals surface area contributed by atoms with Gasteiger partial charge in [-0.3, -0.25) is 14.5 Å². The van der Waals surface area contributed by atoms with Crippen LogP contribution >= 0.6 is 23.3 Å². The predicted molar refractivity (Wildman–Crippen MR) is 125 cm³/mol. The molecule has 15 nitrogen and oxygen atoms in total. The molecule has 3 fully saturated rings. The Hall–Kier alpha value is -3.28. The van der Waals surface area contributed by atoms with Gasteiger partial charge >= 0.3 is 5.97 Å². The van der Waals surface area contributed by atoms with Crippen molar-refractivity contribution < 1.29 is 43.8 Å². The van der Waals surface area contributed by atoms with Crippen LogP contribution in [0.5, 0.6) is 0 Å². The molecule has 5 heterocycles. The number of aliphatic hydroxyl groups is 1. The fourth-order valence-corrected chi connectivity index (χ4v) is 7.13. The van der Waals surface area contributed by atoms with Crippen LogP contribution in [0.25, 0.3) is 0 Å². The predicted octanol–water partition coefficient (Wildman–Crippen LogP) is -3.32. The highest BCUT2D eigenvalue weighted by atomic mass is 32.2. The minimum Gasteiger partial charge on any atom is -0.543 e. The SMILES string of the molecule is Nc1nc(/C(=N/OCC(=O)O)C(=O)N[C@@H]2C(=O)N3C(C(=O)[O-])=C(C[N+]45CCC(O)(CC4)C5)CS[C@H]23)ns1. The highest BCUT2D eigenvalue weighted by Gasteiger charge is 2.57. The van der Waals surface area contributed by atoms with E-state index in [4.69, 9.17) is 10.8 Å². The number of carbonyl (C=O) groups excluding carboxylic acids is 3. The molecule has 4 aliphatic heterocycles. The summed E-state index contributed by atoms with van der Waals surface area (Å²) in [5.74, 6) is -4.26. The number of fused-ring (bicyclic) bond motifs is 3. The van der Waals surface area contributed by atoms with Gasteiger partial charge in [-0.25, -0.2) is 4.79 Å². The van der Waals surface area contributed by atoms with Crippen LogP contribution in [0.3, 0.4) is 0 Å². The number of rotatable bonds is 9. The van der Waals surface area contributed by atoms with E-state index in [9.17, 15) is 29.4 Å². The Morgan fingerprint density at radius 3 is 2.65 bits per heavy atom. The van der Waals surface area contributed by atoms with Crippen molar-refractivity contribution in [2.24, 2.45) is 5.16 Å². The first-order valence-electron chi connectivity index (χ1n) is 11.3. The number of β-lactam (4-membered cyclic amide) rings is 1. The first-order chi connectivity index (χ1) is 17.5. The molecule has 2 atom stereocenters. The summed E-state index contributed by atoms with van der Waals surface area (Å²) in [6.07, 6.45) is 1.32. The van der Waals surface area contributed by atoms with E-state index in [0.29, 0.717) is 41.7 Å². The van der Waals surface area contributed by atoms with Crippen molar-refractivity contribution in [3.8, 4) is 0 Å². The molecule has 198 valence electrons. The van der Waals surface area contributed by atoms with E-state index in [0.717, 1.165) is 29.5 Å². The number of carboxylic acid groups (broad SMARTS) is 2. The fourth-order valence-electron chi connectivity index (χ4n) is 5.36. The third-order valence-electron chi connectivity index (χ3n) is 7.00. The molecular weight excluding hydrogens is 530 g/mol. The summed E-state index contributed by atoms with van der Waals surface area (Å²) in [5.41, 5.74) is 4.74. The fraction of sp³-hybridized carbons (Fsp3) is 0.550. The number of aliphatic carboxylic acids is 2. The Morgan fingerprint density at radius 1 is 1.35 bits per heavy atom. The third-order valence-corrected chi connectivity index (χ3v) is 8.88. The van der Waals surface area contributed by atoms with Crippen molar-refractivity contribution in [1.29, 1.82) is 0 Å². The summed E-state index contributed by atoms with van der Waals surface area (Å²) in [4.78, 5) is 58.5.